The summed E-state index contributed by atoms with van der Waals surface area (Å²) >= 11 is 5.95. The molecule has 1 heterocycles. The highest BCUT2D eigenvalue weighted by Crippen LogP contribution is 2.25. The molecule has 1 aromatic carbocycles. The Morgan fingerprint density at radius 1 is 1.47 bits per heavy atom. The van der Waals surface area contributed by atoms with Crippen molar-refractivity contribution in [1.82, 2.24) is 9.78 Å². The standard InChI is InChI=1S/C13H13ClN2O/c1-2-5-16-8-11(7-15-16)13-6-12(14)4-3-10(13)9-17/h3-4,6-9H,2,5H2,1H3. The zero-order valence-electron chi connectivity index (χ0n) is 9.56. The van der Waals surface area contributed by atoms with Crippen LogP contribution in [-0.4, -0.2) is 16.1 Å². The van der Waals surface area contributed by atoms with E-state index in [1.54, 1.807) is 24.4 Å². The summed E-state index contributed by atoms with van der Waals surface area (Å²) in [6.45, 7) is 2.97. The molecule has 1 aromatic heterocycles. The van der Waals surface area contributed by atoms with Crippen LogP contribution in [-0.2, 0) is 6.54 Å². The average Bonchev–Trinajstić information content (AvgIpc) is 2.78. The van der Waals surface area contributed by atoms with E-state index in [9.17, 15) is 4.79 Å². The number of carbonyl (C=O) groups excluding carboxylic acids is 1. The smallest absolute Gasteiger partial charge is 0.150 e. The van der Waals surface area contributed by atoms with Gasteiger partial charge in [-0.3, -0.25) is 9.48 Å². The number of aryl methyl sites for hydroxylation is 1. The number of aldehydes is 1. The number of nitrogens with zero attached hydrogens (tertiary/aromatic N) is 2. The second-order valence-electron chi connectivity index (χ2n) is 3.84. The van der Waals surface area contributed by atoms with E-state index in [0.29, 0.717) is 10.6 Å². The summed E-state index contributed by atoms with van der Waals surface area (Å²) in [6.07, 6.45) is 5.55. The van der Waals surface area contributed by atoms with Crippen LogP contribution in [0.2, 0.25) is 5.02 Å². The van der Waals surface area contributed by atoms with Gasteiger partial charge in [-0.05, 0) is 30.2 Å². The van der Waals surface area contributed by atoms with Crippen LogP contribution in [0, 0.1) is 0 Å². The lowest BCUT2D eigenvalue weighted by Gasteiger charge is -2.02. The van der Waals surface area contributed by atoms with Crippen molar-refractivity contribution in [3.05, 3.63) is 41.2 Å². The highest BCUT2D eigenvalue weighted by atomic mass is 35.5. The van der Waals surface area contributed by atoms with E-state index < -0.39 is 0 Å². The molecule has 0 fully saturated rings. The zero-order chi connectivity index (χ0) is 12.3. The second kappa shape index (κ2) is 5.15. The van der Waals surface area contributed by atoms with Gasteiger partial charge in [-0.2, -0.15) is 5.10 Å². The Kier molecular flexibility index (Phi) is 3.59. The number of halogens is 1. The van der Waals surface area contributed by atoms with Gasteiger partial charge >= 0.3 is 0 Å². The van der Waals surface area contributed by atoms with E-state index in [4.69, 9.17) is 11.6 Å². The van der Waals surface area contributed by atoms with Crippen molar-refractivity contribution < 1.29 is 4.79 Å². The Morgan fingerprint density at radius 3 is 3.00 bits per heavy atom. The second-order valence-corrected chi connectivity index (χ2v) is 4.28. The summed E-state index contributed by atoms with van der Waals surface area (Å²) in [5.41, 5.74) is 2.38. The fourth-order valence-electron chi connectivity index (χ4n) is 1.74. The lowest BCUT2D eigenvalue weighted by Crippen LogP contribution is -1.95. The van der Waals surface area contributed by atoms with Crippen LogP contribution in [0.25, 0.3) is 11.1 Å². The number of hydrogen-bond acceptors (Lipinski definition) is 2. The minimum atomic E-state index is 0.619. The number of rotatable bonds is 4. The lowest BCUT2D eigenvalue weighted by molar-refractivity contribution is 0.112. The topological polar surface area (TPSA) is 34.9 Å². The Balaban J connectivity index is 2.43. The quantitative estimate of drug-likeness (QED) is 0.777. The Hall–Kier alpha value is -1.61. The zero-order valence-corrected chi connectivity index (χ0v) is 10.3. The molecule has 0 spiro atoms. The van der Waals surface area contributed by atoms with E-state index in [1.807, 2.05) is 10.9 Å². The molecule has 0 saturated carbocycles. The van der Waals surface area contributed by atoms with Gasteiger partial charge in [0.25, 0.3) is 0 Å². The molecule has 0 N–H and O–H groups in total. The van der Waals surface area contributed by atoms with E-state index in [-0.39, 0.29) is 0 Å². The molecule has 4 heteroatoms. The number of aromatic nitrogens is 2. The minimum absolute atomic E-state index is 0.619. The first kappa shape index (κ1) is 11.9. The third-order valence-corrected chi connectivity index (χ3v) is 2.77. The van der Waals surface area contributed by atoms with Crippen LogP contribution >= 0.6 is 11.6 Å². The van der Waals surface area contributed by atoms with Gasteiger partial charge in [0.2, 0.25) is 0 Å². The Bertz CT molecular complexity index is 534. The van der Waals surface area contributed by atoms with Crippen LogP contribution in [0.4, 0.5) is 0 Å². The highest BCUT2D eigenvalue weighted by Gasteiger charge is 2.07. The molecule has 0 atom stereocenters. The monoisotopic (exact) mass is 248 g/mol. The molecule has 2 rings (SSSR count). The number of benzene rings is 1. The fraction of sp³-hybridized carbons (Fsp3) is 0.231. The van der Waals surface area contributed by atoms with Crippen molar-refractivity contribution in [3.63, 3.8) is 0 Å². The molecule has 3 nitrogen and oxygen atoms in total. The summed E-state index contributed by atoms with van der Waals surface area (Å²) in [6, 6.07) is 5.23. The third kappa shape index (κ3) is 2.56. The molecule has 0 bridgehead atoms. The van der Waals surface area contributed by atoms with E-state index in [2.05, 4.69) is 12.0 Å². The molecule has 0 aliphatic rings. The summed E-state index contributed by atoms with van der Waals surface area (Å²) < 4.78 is 1.87. The number of carbonyl (C=O) groups is 1. The van der Waals surface area contributed by atoms with Crippen LogP contribution in [0.5, 0.6) is 0 Å². The third-order valence-electron chi connectivity index (χ3n) is 2.54. The normalized spacial score (nSPS) is 10.5. The van der Waals surface area contributed by atoms with E-state index in [0.717, 1.165) is 30.4 Å². The molecule has 0 aliphatic carbocycles. The summed E-state index contributed by atoms with van der Waals surface area (Å²) in [4.78, 5) is 11.0. The molecule has 0 saturated heterocycles. The molecule has 2 aromatic rings. The van der Waals surface area contributed by atoms with Gasteiger partial charge in [0, 0.05) is 28.9 Å². The van der Waals surface area contributed by atoms with Crippen molar-refractivity contribution in [2.24, 2.45) is 0 Å². The average molecular weight is 249 g/mol. The maximum atomic E-state index is 11.0. The summed E-state index contributed by atoms with van der Waals surface area (Å²) in [5, 5.41) is 4.86. The van der Waals surface area contributed by atoms with Gasteiger partial charge in [0.05, 0.1) is 6.20 Å². The van der Waals surface area contributed by atoms with Crippen LogP contribution in [0.3, 0.4) is 0 Å². The minimum Gasteiger partial charge on any atom is -0.298 e. The molecular formula is C13H13ClN2O. The van der Waals surface area contributed by atoms with Crippen molar-refractivity contribution in [2.75, 3.05) is 0 Å². The lowest BCUT2D eigenvalue weighted by atomic mass is 10.0. The first-order valence-corrected chi connectivity index (χ1v) is 5.90. The van der Waals surface area contributed by atoms with Crippen molar-refractivity contribution >= 4 is 17.9 Å². The van der Waals surface area contributed by atoms with Gasteiger partial charge in [0.1, 0.15) is 0 Å². The van der Waals surface area contributed by atoms with Crippen LogP contribution < -0.4 is 0 Å². The van der Waals surface area contributed by atoms with Gasteiger partial charge in [0.15, 0.2) is 6.29 Å². The summed E-state index contributed by atoms with van der Waals surface area (Å²) in [7, 11) is 0. The van der Waals surface area contributed by atoms with Gasteiger partial charge in [-0.15, -0.1) is 0 Å². The predicted molar refractivity (Wildman–Crippen MR) is 68.4 cm³/mol. The molecular weight excluding hydrogens is 236 g/mol. The Morgan fingerprint density at radius 2 is 2.29 bits per heavy atom. The molecule has 0 aliphatic heterocycles. The number of hydrogen-bond donors (Lipinski definition) is 0. The molecule has 0 amide bonds. The first-order chi connectivity index (χ1) is 8.24. The van der Waals surface area contributed by atoms with Crippen molar-refractivity contribution in [3.8, 4) is 11.1 Å². The van der Waals surface area contributed by atoms with Crippen LogP contribution in [0.1, 0.15) is 23.7 Å². The first-order valence-electron chi connectivity index (χ1n) is 5.52. The maximum absolute atomic E-state index is 11.0. The molecule has 0 radical (unpaired) electrons. The molecule has 0 unspecified atom stereocenters. The van der Waals surface area contributed by atoms with Crippen molar-refractivity contribution in [2.45, 2.75) is 19.9 Å². The Labute approximate surface area is 105 Å². The molecule has 88 valence electrons. The predicted octanol–water partition coefficient (Wildman–Crippen LogP) is 3.43. The molecule has 17 heavy (non-hydrogen) atoms. The van der Waals surface area contributed by atoms with E-state index in [1.165, 1.54) is 0 Å². The summed E-state index contributed by atoms with van der Waals surface area (Å²) in [5.74, 6) is 0. The van der Waals surface area contributed by atoms with Gasteiger partial charge in [-0.1, -0.05) is 18.5 Å². The van der Waals surface area contributed by atoms with Gasteiger partial charge < -0.3 is 0 Å². The largest absolute Gasteiger partial charge is 0.298 e. The fourth-order valence-corrected chi connectivity index (χ4v) is 1.91. The van der Waals surface area contributed by atoms with E-state index >= 15 is 0 Å². The SMILES string of the molecule is CCCn1cc(-c2cc(Cl)ccc2C=O)cn1. The van der Waals surface area contributed by atoms with Crippen LogP contribution in [0.15, 0.2) is 30.6 Å². The van der Waals surface area contributed by atoms with Crippen molar-refractivity contribution in [1.29, 1.82) is 0 Å². The van der Waals surface area contributed by atoms with Gasteiger partial charge in [-0.25, -0.2) is 0 Å². The maximum Gasteiger partial charge on any atom is 0.150 e. The highest BCUT2D eigenvalue weighted by molar-refractivity contribution is 6.31.